The SMILES string of the molecule is COC(=O)C1=C(c2ccccc2)/C(=C\c2ccccc2)[C@]1(NS(=O)(=O)c1ccc(C)cc1)C(F)(F)F. The molecule has 0 spiro atoms. The minimum Gasteiger partial charge on any atom is -0.466 e. The molecule has 0 bridgehead atoms. The third-order valence-electron chi connectivity index (χ3n) is 5.90. The molecule has 1 N–H and O–H groups in total. The third kappa shape index (κ3) is 4.36. The van der Waals surface area contributed by atoms with Gasteiger partial charge in [-0.05, 0) is 41.8 Å². The number of halogens is 3. The van der Waals surface area contributed by atoms with Crippen molar-refractivity contribution in [1.82, 2.24) is 4.72 Å². The largest absolute Gasteiger partial charge is 0.466 e. The molecule has 5 nitrogen and oxygen atoms in total. The minimum absolute atomic E-state index is 0.0461. The first kappa shape index (κ1) is 25.4. The van der Waals surface area contributed by atoms with Crippen molar-refractivity contribution in [3.05, 3.63) is 113 Å². The highest BCUT2D eigenvalue weighted by molar-refractivity contribution is 7.89. The summed E-state index contributed by atoms with van der Waals surface area (Å²) in [5.74, 6) is -1.29. The molecular formula is C27H22F3NO4S. The van der Waals surface area contributed by atoms with Crippen LogP contribution in [0, 0.1) is 6.92 Å². The number of methoxy groups -OCH3 is 1. The Kier molecular flexibility index (Phi) is 6.64. The lowest BCUT2D eigenvalue weighted by Crippen LogP contribution is -2.67. The fourth-order valence-electron chi connectivity index (χ4n) is 4.18. The molecule has 9 heteroatoms. The lowest BCUT2D eigenvalue weighted by atomic mass is 9.63. The van der Waals surface area contributed by atoms with Gasteiger partial charge in [-0.15, -0.1) is 0 Å². The number of esters is 1. The standard InChI is InChI=1S/C27H22F3NO4S/c1-18-13-15-21(16-14-18)36(33,34)31-26(27(28,29)30)22(17-19-9-5-3-6-10-19)23(24(26)25(32)35-2)20-11-7-4-8-12-20/h3-17,31H,1-2H3/b22-17+/t26-/m1/s1. The number of carbonyl (C=O) groups excluding carboxylic acids is 1. The number of carbonyl (C=O) groups is 1. The molecule has 1 atom stereocenters. The summed E-state index contributed by atoms with van der Waals surface area (Å²) in [7, 11) is -3.79. The number of benzene rings is 3. The molecule has 0 aliphatic heterocycles. The van der Waals surface area contributed by atoms with Gasteiger partial charge >= 0.3 is 12.1 Å². The van der Waals surface area contributed by atoms with Gasteiger partial charge in [0.1, 0.15) is 0 Å². The molecule has 0 unspecified atom stereocenters. The minimum atomic E-state index is -5.23. The predicted molar refractivity (Wildman–Crippen MR) is 130 cm³/mol. The zero-order valence-corrected chi connectivity index (χ0v) is 20.2. The van der Waals surface area contributed by atoms with Crippen LogP contribution in [0.15, 0.2) is 101 Å². The summed E-state index contributed by atoms with van der Waals surface area (Å²) in [6, 6.07) is 21.5. The van der Waals surface area contributed by atoms with Crippen LogP contribution in [-0.4, -0.2) is 33.2 Å². The van der Waals surface area contributed by atoms with E-state index in [2.05, 4.69) is 0 Å². The maximum absolute atomic E-state index is 15.0. The number of hydrogen-bond acceptors (Lipinski definition) is 4. The molecule has 3 aromatic rings. The Morgan fingerprint density at radius 3 is 2.00 bits per heavy atom. The molecule has 0 saturated heterocycles. The summed E-state index contributed by atoms with van der Waals surface area (Å²) in [6.07, 6.45) is -3.99. The van der Waals surface area contributed by atoms with Crippen LogP contribution < -0.4 is 4.72 Å². The van der Waals surface area contributed by atoms with Gasteiger partial charge in [0.05, 0.1) is 17.6 Å². The van der Waals surface area contributed by atoms with Gasteiger partial charge in [-0.3, -0.25) is 0 Å². The Hall–Kier alpha value is -3.69. The van der Waals surface area contributed by atoms with E-state index >= 15 is 13.2 Å². The Morgan fingerprint density at radius 1 is 0.917 bits per heavy atom. The predicted octanol–water partition coefficient (Wildman–Crippen LogP) is 5.30. The smallest absolute Gasteiger partial charge is 0.416 e. The van der Waals surface area contributed by atoms with Gasteiger partial charge in [0.15, 0.2) is 5.54 Å². The molecule has 36 heavy (non-hydrogen) atoms. The van der Waals surface area contributed by atoms with Crippen LogP contribution in [0.2, 0.25) is 0 Å². The number of sulfonamides is 1. The van der Waals surface area contributed by atoms with Gasteiger partial charge in [0.25, 0.3) is 0 Å². The van der Waals surface area contributed by atoms with Crippen molar-refractivity contribution >= 4 is 27.6 Å². The Balaban J connectivity index is 2.04. The molecule has 1 aliphatic rings. The molecule has 0 saturated carbocycles. The van der Waals surface area contributed by atoms with Crippen LogP contribution >= 0.6 is 0 Å². The molecule has 0 heterocycles. The second-order valence-electron chi connectivity index (χ2n) is 8.24. The van der Waals surface area contributed by atoms with Crippen molar-refractivity contribution < 1.29 is 31.1 Å². The summed E-state index contributed by atoms with van der Waals surface area (Å²) in [5, 5.41) is 0. The number of ether oxygens (including phenoxy) is 1. The van der Waals surface area contributed by atoms with Crippen molar-refractivity contribution in [1.29, 1.82) is 0 Å². The Morgan fingerprint density at radius 2 is 1.47 bits per heavy atom. The average Bonchev–Trinajstić information content (AvgIpc) is 2.85. The summed E-state index contributed by atoms with van der Waals surface area (Å²) >= 11 is 0. The summed E-state index contributed by atoms with van der Waals surface area (Å²) < 4.78 is 78.3. The zero-order chi connectivity index (χ0) is 26.1. The highest BCUT2D eigenvalue weighted by atomic mass is 32.2. The van der Waals surface area contributed by atoms with Crippen molar-refractivity contribution in [2.75, 3.05) is 7.11 Å². The molecule has 0 aromatic heterocycles. The molecular weight excluding hydrogens is 491 g/mol. The topological polar surface area (TPSA) is 72.5 Å². The van der Waals surface area contributed by atoms with Crippen LogP contribution in [0.3, 0.4) is 0 Å². The first-order valence-electron chi connectivity index (χ1n) is 10.8. The third-order valence-corrected chi connectivity index (χ3v) is 7.37. The van der Waals surface area contributed by atoms with E-state index in [-0.39, 0.29) is 10.5 Å². The molecule has 4 rings (SSSR count). The van der Waals surface area contributed by atoms with Crippen LogP contribution in [-0.2, 0) is 19.6 Å². The van der Waals surface area contributed by atoms with E-state index in [1.54, 1.807) is 67.6 Å². The van der Waals surface area contributed by atoms with E-state index in [4.69, 9.17) is 4.74 Å². The fraction of sp³-hybridized carbons (Fsp3) is 0.148. The van der Waals surface area contributed by atoms with Crippen LogP contribution in [0.4, 0.5) is 13.2 Å². The van der Waals surface area contributed by atoms with Crippen LogP contribution in [0.25, 0.3) is 11.6 Å². The van der Waals surface area contributed by atoms with E-state index in [1.165, 1.54) is 30.3 Å². The van der Waals surface area contributed by atoms with E-state index in [1.807, 2.05) is 4.72 Å². The van der Waals surface area contributed by atoms with E-state index in [0.29, 0.717) is 11.1 Å². The second-order valence-corrected chi connectivity index (χ2v) is 9.93. The van der Waals surface area contributed by atoms with E-state index in [9.17, 15) is 13.2 Å². The van der Waals surface area contributed by atoms with Gasteiger partial charge in [-0.1, -0.05) is 78.4 Å². The highest BCUT2D eigenvalue weighted by Crippen LogP contribution is 2.58. The van der Waals surface area contributed by atoms with Gasteiger partial charge in [-0.2, -0.15) is 17.9 Å². The van der Waals surface area contributed by atoms with E-state index in [0.717, 1.165) is 12.7 Å². The fourth-order valence-corrected chi connectivity index (χ4v) is 5.52. The Bertz CT molecular complexity index is 1450. The van der Waals surface area contributed by atoms with E-state index < -0.39 is 38.9 Å². The number of hydrogen-bond donors (Lipinski definition) is 1. The lowest BCUT2D eigenvalue weighted by molar-refractivity contribution is -0.175. The number of aryl methyl sites for hydroxylation is 1. The maximum atomic E-state index is 15.0. The first-order chi connectivity index (χ1) is 17.0. The normalized spacial score (nSPS) is 19.2. The average molecular weight is 514 g/mol. The monoisotopic (exact) mass is 513 g/mol. The van der Waals surface area contributed by atoms with Crippen molar-refractivity contribution in [2.24, 2.45) is 0 Å². The van der Waals surface area contributed by atoms with Crippen molar-refractivity contribution in [3.63, 3.8) is 0 Å². The Labute approximate surface area is 207 Å². The second kappa shape index (κ2) is 9.40. The van der Waals surface area contributed by atoms with Crippen LogP contribution in [0.5, 0.6) is 0 Å². The molecule has 3 aromatic carbocycles. The van der Waals surface area contributed by atoms with Gasteiger partial charge in [0.2, 0.25) is 10.0 Å². The number of nitrogens with one attached hydrogen (secondary N) is 1. The van der Waals surface area contributed by atoms with Crippen LogP contribution in [0.1, 0.15) is 16.7 Å². The van der Waals surface area contributed by atoms with Gasteiger partial charge in [-0.25, -0.2) is 13.2 Å². The van der Waals surface area contributed by atoms with Gasteiger partial charge < -0.3 is 4.74 Å². The summed E-state index contributed by atoms with van der Waals surface area (Å²) in [5.41, 5.74) is -3.19. The molecule has 0 amide bonds. The first-order valence-corrected chi connectivity index (χ1v) is 12.3. The number of rotatable bonds is 6. The molecule has 186 valence electrons. The summed E-state index contributed by atoms with van der Waals surface area (Å²) in [6.45, 7) is 1.72. The summed E-state index contributed by atoms with van der Waals surface area (Å²) in [4.78, 5) is 12.5. The molecule has 0 fully saturated rings. The maximum Gasteiger partial charge on any atom is 0.416 e. The zero-order valence-electron chi connectivity index (χ0n) is 19.3. The number of alkyl halides is 3. The van der Waals surface area contributed by atoms with Crippen molar-refractivity contribution in [2.45, 2.75) is 23.5 Å². The lowest BCUT2D eigenvalue weighted by Gasteiger charge is -2.48. The van der Waals surface area contributed by atoms with Crippen molar-refractivity contribution in [3.8, 4) is 0 Å². The quantitative estimate of drug-likeness (QED) is 0.454. The molecule has 0 radical (unpaired) electrons. The molecule has 1 aliphatic carbocycles. The highest BCUT2D eigenvalue weighted by Gasteiger charge is 2.70. The van der Waals surface area contributed by atoms with Gasteiger partial charge in [0, 0.05) is 5.57 Å².